The van der Waals surface area contributed by atoms with Crippen LogP contribution in [0.3, 0.4) is 0 Å². The second-order valence-electron chi connectivity index (χ2n) is 5.11. The van der Waals surface area contributed by atoms with Gasteiger partial charge in [-0.1, -0.05) is 30.3 Å². The smallest absolute Gasteiger partial charge is 0.274 e. The zero-order valence-electron chi connectivity index (χ0n) is 11.3. The van der Waals surface area contributed by atoms with Crippen molar-refractivity contribution in [2.45, 2.75) is 25.4 Å². The third kappa shape index (κ3) is 2.79. The van der Waals surface area contributed by atoms with Crippen molar-refractivity contribution < 1.29 is 18.3 Å². The molecule has 0 aliphatic heterocycles. The van der Waals surface area contributed by atoms with Crippen LogP contribution in [0.5, 0.6) is 5.75 Å². The van der Waals surface area contributed by atoms with Crippen LogP contribution in [0.4, 0.5) is 8.78 Å². The third-order valence-corrected chi connectivity index (χ3v) is 3.60. The summed E-state index contributed by atoms with van der Waals surface area (Å²) in [4.78, 5) is 11.7. The van der Waals surface area contributed by atoms with Gasteiger partial charge in [0.05, 0.1) is 0 Å². The van der Waals surface area contributed by atoms with Crippen LogP contribution in [-0.4, -0.2) is 5.78 Å². The van der Waals surface area contributed by atoms with Crippen LogP contribution in [-0.2, 0) is 12.5 Å². The second-order valence-corrected chi connectivity index (χ2v) is 5.11. The minimum absolute atomic E-state index is 0.107. The monoisotopic (exact) mass is 288 g/mol. The highest BCUT2D eigenvalue weighted by molar-refractivity contribution is 5.99. The Morgan fingerprint density at radius 1 is 1.10 bits per heavy atom. The summed E-state index contributed by atoms with van der Waals surface area (Å²) in [5.41, 5.74) is 0.848. The molecule has 0 bridgehead atoms. The maximum Gasteiger partial charge on any atom is 0.274 e. The van der Waals surface area contributed by atoms with Crippen molar-refractivity contribution in [2.24, 2.45) is 0 Å². The maximum absolute atomic E-state index is 13.9. The van der Waals surface area contributed by atoms with E-state index in [2.05, 4.69) is 0 Å². The summed E-state index contributed by atoms with van der Waals surface area (Å²) >= 11 is 0. The molecule has 0 saturated heterocycles. The molecule has 2 aromatic carbocycles. The molecule has 0 fully saturated rings. The molecule has 0 spiro atoms. The summed E-state index contributed by atoms with van der Waals surface area (Å²) < 4.78 is 33.4. The van der Waals surface area contributed by atoms with E-state index >= 15 is 0 Å². The van der Waals surface area contributed by atoms with E-state index in [1.54, 1.807) is 6.07 Å². The average molecular weight is 288 g/mol. The first-order chi connectivity index (χ1) is 10.1. The summed E-state index contributed by atoms with van der Waals surface area (Å²) in [6, 6.07) is 13.8. The number of halogens is 2. The number of Topliss-reactive ketones (excluding diaryl/α,β-unsaturated/α-hetero) is 1. The summed E-state index contributed by atoms with van der Waals surface area (Å²) in [5, 5.41) is 0. The number of ether oxygens (including phenoxy) is 1. The van der Waals surface area contributed by atoms with E-state index in [1.165, 1.54) is 12.1 Å². The van der Waals surface area contributed by atoms with E-state index in [0.717, 1.165) is 5.56 Å². The topological polar surface area (TPSA) is 26.3 Å². The van der Waals surface area contributed by atoms with Gasteiger partial charge in [0.25, 0.3) is 5.92 Å². The number of fused-ring (bicyclic) bond motifs is 1. The van der Waals surface area contributed by atoms with Crippen LogP contribution in [0.1, 0.15) is 34.3 Å². The van der Waals surface area contributed by atoms with Crippen LogP contribution in [0, 0.1) is 0 Å². The Bertz CT molecular complexity index is 666. The van der Waals surface area contributed by atoms with Crippen molar-refractivity contribution in [1.29, 1.82) is 0 Å². The van der Waals surface area contributed by atoms with Gasteiger partial charge in [0, 0.05) is 24.0 Å². The van der Waals surface area contributed by atoms with Crippen molar-refractivity contribution in [3.05, 3.63) is 65.2 Å². The Balaban J connectivity index is 1.84. The summed E-state index contributed by atoms with van der Waals surface area (Å²) in [7, 11) is 0. The highest BCUT2D eigenvalue weighted by atomic mass is 19.3. The lowest BCUT2D eigenvalue weighted by Crippen LogP contribution is -2.24. The van der Waals surface area contributed by atoms with Crippen molar-refractivity contribution in [3.8, 4) is 5.75 Å². The van der Waals surface area contributed by atoms with Crippen LogP contribution in [0.15, 0.2) is 48.5 Å². The molecular weight excluding hydrogens is 274 g/mol. The molecule has 1 aliphatic rings. The van der Waals surface area contributed by atoms with Gasteiger partial charge in [-0.15, -0.1) is 0 Å². The minimum atomic E-state index is -2.96. The molecule has 0 unspecified atom stereocenters. The molecule has 0 heterocycles. The fourth-order valence-electron chi connectivity index (χ4n) is 2.44. The number of carbonyl (C=O) groups is 1. The van der Waals surface area contributed by atoms with E-state index in [4.69, 9.17) is 4.74 Å². The van der Waals surface area contributed by atoms with Gasteiger partial charge in [0.2, 0.25) is 0 Å². The molecule has 1 aliphatic carbocycles. The Hall–Kier alpha value is -2.23. The number of alkyl halides is 2. The quantitative estimate of drug-likeness (QED) is 0.840. The molecular formula is C17H14F2O2. The Labute approximate surface area is 121 Å². The standard InChI is InChI=1S/C17H14F2O2/c18-17(19)9-8-16(20)14-7-6-13(10-15(14)17)21-11-12-4-2-1-3-5-12/h1-7,10H,8-9,11H2. The number of hydrogen-bond donors (Lipinski definition) is 0. The first-order valence-corrected chi connectivity index (χ1v) is 6.78. The van der Waals surface area contributed by atoms with Gasteiger partial charge in [0.15, 0.2) is 5.78 Å². The van der Waals surface area contributed by atoms with E-state index in [9.17, 15) is 13.6 Å². The average Bonchev–Trinajstić information content (AvgIpc) is 2.50. The zero-order valence-corrected chi connectivity index (χ0v) is 11.3. The fourth-order valence-corrected chi connectivity index (χ4v) is 2.44. The molecule has 3 rings (SSSR count). The maximum atomic E-state index is 13.9. The number of benzene rings is 2. The van der Waals surface area contributed by atoms with E-state index in [-0.39, 0.29) is 23.3 Å². The normalized spacial score (nSPS) is 16.4. The molecule has 4 heteroatoms. The predicted octanol–water partition coefficient (Wildman–Crippen LogP) is 4.33. The van der Waals surface area contributed by atoms with E-state index in [1.807, 2.05) is 30.3 Å². The Kier molecular flexibility index (Phi) is 3.45. The second kappa shape index (κ2) is 5.28. The van der Waals surface area contributed by atoms with Gasteiger partial charge >= 0.3 is 0 Å². The molecule has 2 nitrogen and oxygen atoms in total. The van der Waals surface area contributed by atoms with Gasteiger partial charge in [0.1, 0.15) is 12.4 Å². The lowest BCUT2D eigenvalue weighted by molar-refractivity contribution is -0.0194. The van der Waals surface area contributed by atoms with Gasteiger partial charge in [-0.05, 0) is 23.8 Å². The lowest BCUT2D eigenvalue weighted by Gasteiger charge is -2.24. The number of carbonyl (C=O) groups excluding carboxylic acids is 1. The van der Waals surface area contributed by atoms with Crippen molar-refractivity contribution in [2.75, 3.05) is 0 Å². The molecule has 21 heavy (non-hydrogen) atoms. The van der Waals surface area contributed by atoms with Crippen LogP contribution in [0.25, 0.3) is 0 Å². The number of rotatable bonds is 3. The van der Waals surface area contributed by atoms with Gasteiger partial charge in [-0.25, -0.2) is 8.78 Å². The van der Waals surface area contributed by atoms with Crippen molar-refractivity contribution in [3.63, 3.8) is 0 Å². The van der Waals surface area contributed by atoms with Crippen LogP contribution < -0.4 is 4.74 Å². The minimum Gasteiger partial charge on any atom is -0.489 e. The Morgan fingerprint density at radius 2 is 1.86 bits per heavy atom. The summed E-state index contributed by atoms with van der Waals surface area (Å²) in [6.45, 7) is 0.305. The molecule has 0 aromatic heterocycles. The van der Waals surface area contributed by atoms with Crippen LogP contribution >= 0.6 is 0 Å². The first kappa shape index (κ1) is 13.7. The van der Waals surface area contributed by atoms with Gasteiger partial charge < -0.3 is 4.74 Å². The highest BCUT2D eigenvalue weighted by Crippen LogP contribution is 2.41. The predicted molar refractivity (Wildman–Crippen MR) is 74.7 cm³/mol. The fraction of sp³-hybridized carbons (Fsp3) is 0.235. The van der Waals surface area contributed by atoms with Crippen LogP contribution in [0.2, 0.25) is 0 Å². The number of ketones is 1. The van der Waals surface area contributed by atoms with E-state index in [0.29, 0.717) is 12.4 Å². The molecule has 0 radical (unpaired) electrons. The van der Waals surface area contributed by atoms with Crippen molar-refractivity contribution >= 4 is 5.78 Å². The molecule has 0 amide bonds. The third-order valence-electron chi connectivity index (χ3n) is 3.60. The molecule has 0 atom stereocenters. The molecule has 108 valence electrons. The summed E-state index contributed by atoms with van der Waals surface area (Å²) in [6.07, 6.45) is -0.537. The van der Waals surface area contributed by atoms with Gasteiger partial charge in [-0.2, -0.15) is 0 Å². The highest BCUT2D eigenvalue weighted by Gasteiger charge is 2.40. The zero-order chi connectivity index (χ0) is 14.9. The Morgan fingerprint density at radius 3 is 2.62 bits per heavy atom. The summed E-state index contributed by atoms with van der Waals surface area (Å²) in [5.74, 6) is -2.84. The molecule has 0 saturated carbocycles. The molecule has 2 aromatic rings. The first-order valence-electron chi connectivity index (χ1n) is 6.78. The van der Waals surface area contributed by atoms with Gasteiger partial charge in [-0.3, -0.25) is 4.79 Å². The van der Waals surface area contributed by atoms with Crippen molar-refractivity contribution in [1.82, 2.24) is 0 Å². The largest absolute Gasteiger partial charge is 0.489 e. The molecule has 0 N–H and O–H groups in total. The SMILES string of the molecule is O=C1CCC(F)(F)c2cc(OCc3ccccc3)ccc21. The lowest BCUT2D eigenvalue weighted by atomic mass is 9.87. The number of hydrogen-bond acceptors (Lipinski definition) is 2. The van der Waals surface area contributed by atoms with E-state index < -0.39 is 12.3 Å².